The zero-order valence-electron chi connectivity index (χ0n) is 9.57. The van der Waals surface area contributed by atoms with Crippen LogP contribution in [0.15, 0.2) is 6.20 Å². The van der Waals surface area contributed by atoms with E-state index < -0.39 is 6.10 Å². The van der Waals surface area contributed by atoms with E-state index in [0.717, 1.165) is 17.8 Å². The van der Waals surface area contributed by atoms with Crippen molar-refractivity contribution in [1.29, 1.82) is 0 Å². The van der Waals surface area contributed by atoms with Crippen molar-refractivity contribution in [3.05, 3.63) is 11.9 Å². The molecule has 0 aliphatic heterocycles. The summed E-state index contributed by atoms with van der Waals surface area (Å²) in [5.74, 6) is -0.153. The van der Waals surface area contributed by atoms with E-state index in [1.54, 1.807) is 17.8 Å². The Morgan fingerprint density at radius 1 is 1.73 bits per heavy atom. The molecule has 1 unspecified atom stereocenters. The minimum Gasteiger partial charge on any atom is -0.372 e. The van der Waals surface area contributed by atoms with Gasteiger partial charge in [0.15, 0.2) is 0 Å². The number of methoxy groups -OCH3 is 1. The fourth-order valence-electron chi connectivity index (χ4n) is 1.24. The van der Waals surface area contributed by atoms with Crippen LogP contribution in [0.4, 0.5) is 5.69 Å². The van der Waals surface area contributed by atoms with Gasteiger partial charge in [0.25, 0.3) is 5.91 Å². The molecule has 1 atom stereocenters. The Morgan fingerprint density at radius 2 is 2.40 bits per heavy atom. The maximum absolute atomic E-state index is 11.5. The van der Waals surface area contributed by atoms with Crippen molar-refractivity contribution < 1.29 is 9.53 Å². The van der Waals surface area contributed by atoms with Gasteiger partial charge in [-0.2, -0.15) is 5.10 Å². The van der Waals surface area contributed by atoms with Crippen LogP contribution in [0.5, 0.6) is 0 Å². The van der Waals surface area contributed by atoms with Gasteiger partial charge in [-0.3, -0.25) is 9.48 Å². The molecule has 0 fully saturated rings. The van der Waals surface area contributed by atoms with E-state index in [1.807, 2.05) is 14.0 Å². The van der Waals surface area contributed by atoms with Crippen LogP contribution in [0.25, 0.3) is 0 Å². The average Bonchev–Trinajstić information content (AvgIpc) is 2.57. The molecule has 1 aromatic heterocycles. The van der Waals surface area contributed by atoms with Gasteiger partial charge in [-0.25, -0.2) is 0 Å². The number of aromatic nitrogens is 2. The zero-order valence-corrected chi connectivity index (χ0v) is 9.57. The lowest BCUT2D eigenvalue weighted by Gasteiger charge is -2.09. The van der Waals surface area contributed by atoms with E-state index in [2.05, 4.69) is 10.4 Å². The van der Waals surface area contributed by atoms with Crippen molar-refractivity contribution in [2.75, 3.05) is 12.4 Å². The molecule has 0 aromatic carbocycles. The first-order valence-electron chi connectivity index (χ1n) is 4.94. The maximum atomic E-state index is 11.5. The number of hydrogen-bond acceptors (Lipinski definition) is 3. The third kappa shape index (κ3) is 2.79. The summed E-state index contributed by atoms with van der Waals surface area (Å²) in [6, 6.07) is 0. The summed E-state index contributed by atoms with van der Waals surface area (Å²) in [7, 11) is 3.34. The first-order valence-corrected chi connectivity index (χ1v) is 4.94. The van der Waals surface area contributed by atoms with Gasteiger partial charge in [-0.1, -0.05) is 6.92 Å². The number of amides is 1. The van der Waals surface area contributed by atoms with Crippen molar-refractivity contribution in [2.45, 2.75) is 26.4 Å². The third-order valence-corrected chi connectivity index (χ3v) is 2.22. The molecule has 0 saturated heterocycles. The minimum absolute atomic E-state index is 0.153. The van der Waals surface area contributed by atoms with E-state index in [9.17, 15) is 4.79 Å². The van der Waals surface area contributed by atoms with Crippen LogP contribution < -0.4 is 5.32 Å². The summed E-state index contributed by atoms with van der Waals surface area (Å²) in [4.78, 5) is 11.5. The molecule has 0 spiro atoms. The molecule has 1 heterocycles. The van der Waals surface area contributed by atoms with Crippen LogP contribution >= 0.6 is 0 Å². The quantitative estimate of drug-likeness (QED) is 0.807. The molecule has 0 aliphatic rings. The van der Waals surface area contributed by atoms with E-state index in [-0.39, 0.29) is 5.91 Å². The Hall–Kier alpha value is -1.36. The Balaban J connectivity index is 2.75. The summed E-state index contributed by atoms with van der Waals surface area (Å²) in [5, 5.41) is 7.01. The van der Waals surface area contributed by atoms with Crippen LogP contribution in [0.2, 0.25) is 0 Å². The molecule has 0 radical (unpaired) electrons. The van der Waals surface area contributed by atoms with E-state index in [0.29, 0.717) is 0 Å². The molecule has 1 aromatic rings. The fraction of sp³-hybridized carbons (Fsp3) is 0.600. The molecular formula is C10H17N3O2. The highest BCUT2D eigenvalue weighted by molar-refractivity contribution is 5.94. The summed E-state index contributed by atoms with van der Waals surface area (Å²) >= 11 is 0. The van der Waals surface area contributed by atoms with Crippen molar-refractivity contribution >= 4 is 11.6 Å². The molecule has 1 amide bonds. The van der Waals surface area contributed by atoms with Crippen LogP contribution in [-0.4, -0.2) is 28.9 Å². The van der Waals surface area contributed by atoms with Crippen molar-refractivity contribution in [3.63, 3.8) is 0 Å². The number of nitrogens with one attached hydrogen (secondary N) is 1. The molecule has 5 heteroatoms. The predicted octanol–water partition coefficient (Wildman–Crippen LogP) is 0.956. The minimum atomic E-state index is -0.449. The number of hydrogen-bond donors (Lipinski definition) is 1. The molecular weight excluding hydrogens is 194 g/mol. The monoisotopic (exact) mass is 211 g/mol. The van der Waals surface area contributed by atoms with Gasteiger partial charge in [0, 0.05) is 20.4 Å². The third-order valence-electron chi connectivity index (χ3n) is 2.22. The lowest BCUT2D eigenvalue weighted by Crippen LogP contribution is -2.26. The van der Waals surface area contributed by atoms with Gasteiger partial charge in [-0.15, -0.1) is 0 Å². The van der Waals surface area contributed by atoms with Crippen LogP contribution in [-0.2, 0) is 23.0 Å². The Bertz CT molecular complexity index is 346. The normalized spacial score (nSPS) is 12.5. The first kappa shape index (κ1) is 11.7. The van der Waals surface area contributed by atoms with Crippen molar-refractivity contribution in [2.24, 2.45) is 7.05 Å². The van der Waals surface area contributed by atoms with Gasteiger partial charge in [0.2, 0.25) is 0 Å². The highest BCUT2D eigenvalue weighted by Gasteiger charge is 2.14. The number of carbonyl (C=O) groups is 1. The topological polar surface area (TPSA) is 56.2 Å². The van der Waals surface area contributed by atoms with E-state index >= 15 is 0 Å². The molecule has 5 nitrogen and oxygen atoms in total. The van der Waals surface area contributed by atoms with Gasteiger partial charge >= 0.3 is 0 Å². The Morgan fingerprint density at radius 3 is 2.93 bits per heavy atom. The number of ether oxygens (including phenoxy) is 1. The zero-order chi connectivity index (χ0) is 11.4. The number of carbonyl (C=O) groups excluding carboxylic acids is 1. The van der Waals surface area contributed by atoms with Crippen LogP contribution in [0.3, 0.4) is 0 Å². The standard InChI is InChI=1S/C10H17N3O2/c1-5-8-9(6-13(3)12-8)11-10(14)7(2)15-4/h6-7H,5H2,1-4H3,(H,11,14). The number of anilines is 1. The summed E-state index contributed by atoms with van der Waals surface area (Å²) in [6.45, 7) is 3.70. The van der Waals surface area contributed by atoms with Crippen LogP contribution in [0.1, 0.15) is 19.5 Å². The second-order valence-electron chi connectivity index (χ2n) is 3.38. The highest BCUT2D eigenvalue weighted by Crippen LogP contribution is 2.13. The number of nitrogens with zero attached hydrogens (tertiary/aromatic N) is 2. The molecule has 1 N–H and O–H groups in total. The maximum Gasteiger partial charge on any atom is 0.253 e. The highest BCUT2D eigenvalue weighted by atomic mass is 16.5. The molecule has 15 heavy (non-hydrogen) atoms. The van der Waals surface area contributed by atoms with Gasteiger partial charge in [-0.05, 0) is 13.3 Å². The Labute approximate surface area is 89.4 Å². The second-order valence-corrected chi connectivity index (χ2v) is 3.38. The summed E-state index contributed by atoms with van der Waals surface area (Å²) in [6.07, 6.45) is 2.13. The van der Waals surface area contributed by atoms with E-state index in [1.165, 1.54) is 7.11 Å². The molecule has 0 aliphatic carbocycles. The number of aryl methyl sites for hydroxylation is 2. The lowest BCUT2D eigenvalue weighted by atomic mass is 10.3. The first-order chi connectivity index (χ1) is 7.08. The van der Waals surface area contributed by atoms with Crippen molar-refractivity contribution in [3.8, 4) is 0 Å². The largest absolute Gasteiger partial charge is 0.372 e. The summed E-state index contributed by atoms with van der Waals surface area (Å²) in [5.41, 5.74) is 1.64. The fourth-order valence-corrected chi connectivity index (χ4v) is 1.24. The Kier molecular flexibility index (Phi) is 3.85. The van der Waals surface area contributed by atoms with Crippen LogP contribution in [0, 0.1) is 0 Å². The molecule has 0 bridgehead atoms. The molecule has 84 valence electrons. The predicted molar refractivity (Wildman–Crippen MR) is 57.7 cm³/mol. The lowest BCUT2D eigenvalue weighted by molar-refractivity contribution is -0.124. The SMILES string of the molecule is CCc1nn(C)cc1NC(=O)C(C)OC. The van der Waals surface area contributed by atoms with Gasteiger partial charge in [0.05, 0.1) is 11.4 Å². The van der Waals surface area contributed by atoms with Gasteiger partial charge < -0.3 is 10.1 Å². The molecule has 0 saturated carbocycles. The average molecular weight is 211 g/mol. The van der Waals surface area contributed by atoms with Gasteiger partial charge in [0.1, 0.15) is 6.10 Å². The molecule has 1 rings (SSSR count). The van der Waals surface area contributed by atoms with E-state index in [4.69, 9.17) is 4.74 Å². The number of rotatable bonds is 4. The summed E-state index contributed by atoms with van der Waals surface area (Å²) < 4.78 is 6.61. The smallest absolute Gasteiger partial charge is 0.253 e. The van der Waals surface area contributed by atoms with Crippen molar-refractivity contribution in [1.82, 2.24) is 9.78 Å². The second kappa shape index (κ2) is 4.93.